The third kappa shape index (κ3) is 5.02. The van der Waals surface area contributed by atoms with Crippen molar-refractivity contribution >= 4 is 17.3 Å². The van der Waals surface area contributed by atoms with E-state index in [4.69, 9.17) is 0 Å². The topological polar surface area (TPSA) is 44.4 Å². The molecule has 0 heterocycles. The highest BCUT2D eigenvalue weighted by atomic mass is 16.1. The third-order valence-corrected chi connectivity index (χ3v) is 4.42. The standard InChI is InChI=1S/C18H29N3O/c1-3-21(4-2)17-11-9-16(10-12-17)20-18(22)13-14-19-15-7-5-6-8-15/h9-12,15,19H,3-8,13-14H2,1-2H3,(H,20,22). The molecule has 122 valence electrons. The van der Waals surface area contributed by atoms with Crippen LogP contribution in [0.3, 0.4) is 0 Å². The van der Waals surface area contributed by atoms with Gasteiger partial charge in [-0.3, -0.25) is 4.79 Å². The number of nitrogens with zero attached hydrogens (tertiary/aromatic N) is 1. The Hall–Kier alpha value is -1.55. The molecule has 0 radical (unpaired) electrons. The molecule has 4 nitrogen and oxygen atoms in total. The van der Waals surface area contributed by atoms with Crippen LogP contribution in [-0.2, 0) is 4.79 Å². The normalized spacial score (nSPS) is 15.0. The van der Waals surface area contributed by atoms with Crippen LogP contribution in [0.15, 0.2) is 24.3 Å². The van der Waals surface area contributed by atoms with E-state index in [1.807, 2.05) is 12.1 Å². The Morgan fingerprint density at radius 2 is 1.77 bits per heavy atom. The first-order valence-electron chi connectivity index (χ1n) is 8.61. The minimum atomic E-state index is 0.0843. The SMILES string of the molecule is CCN(CC)c1ccc(NC(=O)CCNC2CCCC2)cc1. The Labute approximate surface area is 134 Å². The summed E-state index contributed by atoms with van der Waals surface area (Å²) in [5, 5.41) is 6.44. The van der Waals surface area contributed by atoms with Crippen LogP contribution in [0.1, 0.15) is 46.0 Å². The van der Waals surface area contributed by atoms with Gasteiger partial charge in [-0.25, -0.2) is 0 Å². The summed E-state index contributed by atoms with van der Waals surface area (Å²) in [6.07, 6.45) is 5.70. The lowest BCUT2D eigenvalue weighted by Gasteiger charge is -2.21. The number of anilines is 2. The summed E-state index contributed by atoms with van der Waals surface area (Å²) in [5.41, 5.74) is 2.08. The summed E-state index contributed by atoms with van der Waals surface area (Å²) in [6, 6.07) is 8.73. The van der Waals surface area contributed by atoms with E-state index in [0.29, 0.717) is 12.5 Å². The van der Waals surface area contributed by atoms with Crippen LogP contribution < -0.4 is 15.5 Å². The smallest absolute Gasteiger partial charge is 0.225 e. The summed E-state index contributed by atoms with van der Waals surface area (Å²) in [5.74, 6) is 0.0843. The summed E-state index contributed by atoms with van der Waals surface area (Å²) in [4.78, 5) is 14.2. The molecule has 1 aliphatic rings. The predicted molar refractivity (Wildman–Crippen MR) is 93.5 cm³/mol. The maximum Gasteiger partial charge on any atom is 0.225 e. The number of hydrogen-bond donors (Lipinski definition) is 2. The fourth-order valence-corrected chi connectivity index (χ4v) is 3.09. The van der Waals surface area contributed by atoms with Gasteiger partial charge >= 0.3 is 0 Å². The Morgan fingerprint density at radius 3 is 2.36 bits per heavy atom. The van der Waals surface area contributed by atoms with Gasteiger partial charge in [-0.15, -0.1) is 0 Å². The second-order valence-corrected chi connectivity index (χ2v) is 5.95. The lowest BCUT2D eigenvalue weighted by atomic mass is 10.2. The average Bonchev–Trinajstić information content (AvgIpc) is 3.03. The Kier molecular flexibility index (Phi) is 6.72. The van der Waals surface area contributed by atoms with E-state index < -0.39 is 0 Å². The van der Waals surface area contributed by atoms with Gasteiger partial charge in [-0.2, -0.15) is 0 Å². The molecule has 1 aromatic carbocycles. The maximum atomic E-state index is 12.0. The molecular formula is C18H29N3O. The Morgan fingerprint density at radius 1 is 1.14 bits per heavy atom. The molecule has 0 bridgehead atoms. The van der Waals surface area contributed by atoms with Crippen molar-refractivity contribution in [1.82, 2.24) is 5.32 Å². The minimum absolute atomic E-state index is 0.0843. The Bertz CT molecular complexity index is 448. The Balaban J connectivity index is 1.73. The van der Waals surface area contributed by atoms with Gasteiger partial charge in [0.15, 0.2) is 0 Å². The zero-order valence-corrected chi connectivity index (χ0v) is 13.9. The van der Waals surface area contributed by atoms with Gasteiger partial charge in [-0.1, -0.05) is 12.8 Å². The summed E-state index contributed by atoms with van der Waals surface area (Å²) in [7, 11) is 0. The van der Waals surface area contributed by atoms with Crippen LogP contribution in [0.5, 0.6) is 0 Å². The number of carbonyl (C=O) groups excluding carboxylic acids is 1. The highest BCUT2D eigenvalue weighted by Gasteiger charge is 2.14. The number of carbonyl (C=O) groups is 1. The molecule has 0 aliphatic heterocycles. The number of hydrogen-bond acceptors (Lipinski definition) is 3. The average molecular weight is 303 g/mol. The van der Waals surface area contributed by atoms with E-state index in [1.54, 1.807) is 0 Å². The summed E-state index contributed by atoms with van der Waals surface area (Å²) in [6.45, 7) is 7.06. The highest BCUT2D eigenvalue weighted by Crippen LogP contribution is 2.18. The second kappa shape index (κ2) is 8.79. The second-order valence-electron chi connectivity index (χ2n) is 5.95. The number of nitrogens with one attached hydrogen (secondary N) is 2. The van der Waals surface area contributed by atoms with Crippen LogP contribution in [0.25, 0.3) is 0 Å². The van der Waals surface area contributed by atoms with Gasteiger partial charge in [0.1, 0.15) is 0 Å². The highest BCUT2D eigenvalue weighted by molar-refractivity contribution is 5.91. The lowest BCUT2D eigenvalue weighted by Crippen LogP contribution is -2.29. The number of benzene rings is 1. The van der Waals surface area contributed by atoms with Crippen molar-refractivity contribution in [2.75, 3.05) is 29.9 Å². The van der Waals surface area contributed by atoms with Crippen molar-refractivity contribution in [3.63, 3.8) is 0 Å². The van der Waals surface area contributed by atoms with E-state index in [-0.39, 0.29) is 5.91 Å². The van der Waals surface area contributed by atoms with Gasteiger partial charge in [-0.05, 0) is 51.0 Å². The zero-order chi connectivity index (χ0) is 15.8. The first-order chi connectivity index (χ1) is 10.7. The van der Waals surface area contributed by atoms with Crippen molar-refractivity contribution in [3.05, 3.63) is 24.3 Å². The largest absolute Gasteiger partial charge is 0.372 e. The monoisotopic (exact) mass is 303 g/mol. The number of rotatable bonds is 8. The molecule has 2 rings (SSSR count). The minimum Gasteiger partial charge on any atom is -0.372 e. The number of amides is 1. The van der Waals surface area contributed by atoms with Crippen molar-refractivity contribution in [2.24, 2.45) is 0 Å². The molecule has 0 atom stereocenters. The third-order valence-electron chi connectivity index (χ3n) is 4.42. The molecule has 0 saturated heterocycles. The molecule has 22 heavy (non-hydrogen) atoms. The molecule has 2 N–H and O–H groups in total. The van der Waals surface area contributed by atoms with Crippen LogP contribution in [0, 0.1) is 0 Å². The van der Waals surface area contributed by atoms with Crippen LogP contribution in [0.2, 0.25) is 0 Å². The first kappa shape index (κ1) is 16.8. The fourth-order valence-electron chi connectivity index (χ4n) is 3.09. The molecule has 1 saturated carbocycles. The molecule has 1 amide bonds. The summed E-state index contributed by atoms with van der Waals surface area (Å²) >= 11 is 0. The van der Waals surface area contributed by atoms with Crippen molar-refractivity contribution < 1.29 is 4.79 Å². The van der Waals surface area contributed by atoms with Crippen molar-refractivity contribution in [1.29, 1.82) is 0 Å². The first-order valence-corrected chi connectivity index (χ1v) is 8.61. The van der Waals surface area contributed by atoms with E-state index in [9.17, 15) is 4.79 Å². The van der Waals surface area contributed by atoms with Crippen LogP contribution in [-0.4, -0.2) is 31.6 Å². The predicted octanol–water partition coefficient (Wildman–Crippen LogP) is 3.39. The van der Waals surface area contributed by atoms with Crippen molar-refractivity contribution in [2.45, 2.75) is 52.0 Å². The molecule has 0 aromatic heterocycles. The van der Waals surface area contributed by atoms with E-state index in [2.05, 4.69) is 41.5 Å². The lowest BCUT2D eigenvalue weighted by molar-refractivity contribution is -0.116. The van der Waals surface area contributed by atoms with Gasteiger partial charge in [0.2, 0.25) is 5.91 Å². The zero-order valence-electron chi connectivity index (χ0n) is 13.9. The van der Waals surface area contributed by atoms with Crippen LogP contribution in [0.4, 0.5) is 11.4 Å². The van der Waals surface area contributed by atoms with Gasteiger partial charge in [0.05, 0.1) is 0 Å². The molecule has 0 unspecified atom stereocenters. The summed E-state index contributed by atoms with van der Waals surface area (Å²) < 4.78 is 0. The molecule has 1 aromatic rings. The molecule has 1 fully saturated rings. The van der Waals surface area contributed by atoms with Crippen LogP contribution >= 0.6 is 0 Å². The van der Waals surface area contributed by atoms with Gasteiger partial charge in [0, 0.05) is 43.5 Å². The molecule has 1 aliphatic carbocycles. The molecule has 4 heteroatoms. The van der Waals surface area contributed by atoms with E-state index >= 15 is 0 Å². The quantitative estimate of drug-likeness (QED) is 0.773. The van der Waals surface area contributed by atoms with E-state index in [1.165, 1.54) is 31.4 Å². The van der Waals surface area contributed by atoms with Gasteiger partial charge < -0.3 is 15.5 Å². The molecular weight excluding hydrogens is 274 g/mol. The fraction of sp³-hybridized carbons (Fsp3) is 0.611. The van der Waals surface area contributed by atoms with Crippen molar-refractivity contribution in [3.8, 4) is 0 Å². The van der Waals surface area contributed by atoms with E-state index in [0.717, 1.165) is 25.3 Å². The van der Waals surface area contributed by atoms with Gasteiger partial charge in [0.25, 0.3) is 0 Å². The molecule has 0 spiro atoms. The maximum absolute atomic E-state index is 12.0.